The van der Waals surface area contributed by atoms with Gasteiger partial charge in [-0.25, -0.2) is 9.07 Å². The normalized spacial score (nSPS) is 18.0. The van der Waals surface area contributed by atoms with Crippen LogP contribution < -0.4 is 10.6 Å². The van der Waals surface area contributed by atoms with Crippen LogP contribution in [0.25, 0.3) is 0 Å². The first-order valence-electron chi connectivity index (χ1n) is 8.48. The summed E-state index contributed by atoms with van der Waals surface area (Å²) < 4.78 is 15.0. The van der Waals surface area contributed by atoms with Crippen LogP contribution in [0.15, 0.2) is 30.3 Å². The summed E-state index contributed by atoms with van der Waals surface area (Å²) in [6, 6.07) is 8.56. The van der Waals surface area contributed by atoms with Crippen LogP contribution in [-0.4, -0.2) is 41.1 Å². The van der Waals surface area contributed by atoms with Crippen molar-refractivity contribution in [2.45, 2.75) is 19.9 Å². The van der Waals surface area contributed by atoms with Gasteiger partial charge in [-0.1, -0.05) is 12.1 Å². The molecule has 0 fully saturated rings. The van der Waals surface area contributed by atoms with E-state index in [4.69, 9.17) is 0 Å². The zero-order chi connectivity index (χ0) is 16.9. The minimum Gasteiger partial charge on any atom is -0.396 e. The Morgan fingerprint density at radius 3 is 2.96 bits per heavy atom. The summed E-state index contributed by atoms with van der Waals surface area (Å²) in [7, 11) is 0. The molecule has 6 heteroatoms. The molecule has 5 nitrogen and oxygen atoms in total. The van der Waals surface area contributed by atoms with E-state index >= 15 is 0 Å². The van der Waals surface area contributed by atoms with E-state index in [-0.39, 0.29) is 18.3 Å². The van der Waals surface area contributed by atoms with Crippen LogP contribution in [0.5, 0.6) is 0 Å². The quantitative estimate of drug-likeness (QED) is 0.724. The minimum absolute atomic E-state index is 0.121. The third-order valence-corrected chi connectivity index (χ3v) is 4.47. The van der Waals surface area contributed by atoms with Crippen LogP contribution in [0.1, 0.15) is 11.3 Å². The van der Waals surface area contributed by atoms with Crippen LogP contribution in [0.4, 0.5) is 10.2 Å². The topological polar surface area (TPSA) is 62.1 Å². The second-order valence-electron chi connectivity index (χ2n) is 6.64. The van der Waals surface area contributed by atoms with Gasteiger partial charge in [0.2, 0.25) is 0 Å². The van der Waals surface area contributed by atoms with E-state index in [1.807, 2.05) is 11.6 Å². The van der Waals surface area contributed by atoms with Gasteiger partial charge in [0.15, 0.2) is 0 Å². The molecule has 0 bridgehead atoms. The van der Waals surface area contributed by atoms with Crippen molar-refractivity contribution >= 4 is 5.82 Å². The molecule has 2 atom stereocenters. The van der Waals surface area contributed by atoms with Gasteiger partial charge in [-0.15, -0.1) is 0 Å². The van der Waals surface area contributed by atoms with Crippen molar-refractivity contribution in [2.24, 2.45) is 11.8 Å². The lowest BCUT2D eigenvalue weighted by atomic mass is 9.99. The number of aliphatic hydroxyl groups is 1. The Bertz CT molecular complexity index is 656. The molecule has 0 spiro atoms. The zero-order valence-corrected chi connectivity index (χ0v) is 14.0. The average molecular weight is 332 g/mol. The summed E-state index contributed by atoms with van der Waals surface area (Å²) in [5, 5.41) is 20.9. The SMILES string of the molecule is Cc1cc2n(n1)C[C@H](CNC[C@@H](CO)Cc1ccc(F)cc1)CN2. The van der Waals surface area contributed by atoms with E-state index in [0.717, 1.165) is 49.7 Å². The molecular weight excluding hydrogens is 307 g/mol. The Labute approximate surface area is 141 Å². The molecule has 1 aliphatic heterocycles. The minimum atomic E-state index is -0.226. The lowest BCUT2D eigenvalue weighted by molar-refractivity contribution is 0.219. The van der Waals surface area contributed by atoms with E-state index < -0.39 is 0 Å². The molecule has 2 heterocycles. The fraction of sp³-hybridized carbons (Fsp3) is 0.500. The number of anilines is 1. The lowest BCUT2D eigenvalue weighted by Crippen LogP contribution is -2.37. The number of benzene rings is 1. The van der Waals surface area contributed by atoms with Crippen molar-refractivity contribution in [1.29, 1.82) is 0 Å². The monoisotopic (exact) mass is 332 g/mol. The zero-order valence-electron chi connectivity index (χ0n) is 14.0. The van der Waals surface area contributed by atoms with Crippen LogP contribution >= 0.6 is 0 Å². The standard InChI is InChI=1S/C18H25FN4O/c1-13-6-18-21-10-16(11-23(18)22-13)9-20-8-15(12-24)7-14-2-4-17(19)5-3-14/h2-6,15-16,20-21,24H,7-12H2,1H3/t15-,16+/m0/s1. The van der Waals surface area contributed by atoms with Crippen LogP contribution in [0.2, 0.25) is 0 Å². The van der Waals surface area contributed by atoms with Crippen molar-refractivity contribution in [3.05, 3.63) is 47.4 Å². The molecule has 2 aromatic rings. The van der Waals surface area contributed by atoms with Gasteiger partial charge in [-0.2, -0.15) is 5.10 Å². The molecule has 1 aliphatic rings. The van der Waals surface area contributed by atoms with E-state index in [2.05, 4.69) is 21.8 Å². The highest BCUT2D eigenvalue weighted by Crippen LogP contribution is 2.18. The first-order valence-corrected chi connectivity index (χ1v) is 8.48. The van der Waals surface area contributed by atoms with Gasteiger partial charge in [0.25, 0.3) is 0 Å². The number of aryl methyl sites for hydroxylation is 1. The summed E-state index contributed by atoms with van der Waals surface area (Å²) in [5.41, 5.74) is 2.08. The summed E-state index contributed by atoms with van der Waals surface area (Å²) in [5.74, 6) is 1.47. The molecule has 0 radical (unpaired) electrons. The molecule has 0 amide bonds. The average Bonchev–Trinajstić information content (AvgIpc) is 2.95. The first kappa shape index (κ1) is 16.9. The fourth-order valence-corrected chi connectivity index (χ4v) is 3.17. The van der Waals surface area contributed by atoms with E-state index in [1.54, 1.807) is 12.1 Å². The maximum Gasteiger partial charge on any atom is 0.124 e. The molecule has 130 valence electrons. The molecule has 1 aromatic carbocycles. The molecule has 3 N–H and O–H groups in total. The number of halogens is 1. The van der Waals surface area contributed by atoms with Gasteiger partial charge in [0.05, 0.1) is 5.69 Å². The van der Waals surface area contributed by atoms with Gasteiger partial charge in [0.1, 0.15) is 11.6 Å². The van der Waals surface area contributed by atoms with Gasteiger partial charge >= 0.3 is 0 Å². The first-order chi connectivity index (χ1) is 11.6. The summed E-state index contributed by atoms with van der Waals surface area (Å²) in [4.78, 5) is 0. The fourth-order valence-electron chi connectivity index (χ4n) is 3.17. The van der Waals surface area contributed by atoms with Gasteiger partial charge in [0, 0.05) is 44.8 Å². The number of aliphatic hydroxyl groups excluding tert-OH is 1. The smallest absolute Gasteiger partial charge is 0.124 e. The Kier molecular flexibility index (Phi) is 5.48. The summed E-state index contributed by atoms with van der Waals surface area (Å²) >= 11 is 0. The van der Waals surface area contributed by atoms with Crippen molar-refractivity contribution < 1.29 is 9.50 Å². The molecular formula is C18H25FN4O. The van der Waals surface area contributed by atoms with Gasteiger partial charge in [-0.3, -0.25) is 0 Å². The number of aromatic nitrogens is 2. The predicted octanol–water partition coefficient (Wildman–Crippen LogP) is 1.81. The molecule has 0 saturated carbocycles. The Hall–Kier alpha value is -1.92. The molecule has 1 aromatic heterocycles. The number of fused-ring (bicyclic) bond motifs is 1. The number of hydrogen-bond donors (Lipinski definition) is 3. The second kappa shape index (κ2) is 7.77. The van der Waals surface area contributed by atoms with Crippen molar-refractivity contribution in [1.82, 2.24) is 15.1 Å². The maximum absolute atomic E-state index is 12.9. The van der Waals surface area contributed by atoms with Crippen molar-refractivity contribution in [3.63, 3.8) is 0 Å². The lowest BCUT2D eigenvalue weighted by Gasteiger charge is -2.26. The van der Waals surface area contributed by atoms with E-state index in [0.29, 0.717) is 5.92 Å². The molecule has 3 rings (SSSR count). The Morgan fingerprint density at radius 1 is 1.42 bits per heavy atom. The van der Waals surface area contributed by atoms with Gasteiger partial charge in [-0.05, 0) is 37.0 Å². The van der Waals surface area contributed by atoms with Gasteiger partial charge < -0.3 is 15.7 Å². The Balaban J connectivity index is 1.44. The second-order valence-corrected chi connectivity index (χ2v) is 6.64. The third-order valence-electron chi connectivity index (χ3n) is 4.47. The maximum atomic E-state index is 12.9. The number of rotatable bonds is 7. The Morgan fingerprint density at radius 2 is 2.21 bits per heavy atom. The number of hydrogen-bond acceptors (Lipinski definition) is 4. The molecule has 0 saturated heterocycles. The summed E-state index contributed by atoms with van der Waals surface area (Å²) in [6.07, 6.45) is 0.745. The third kappa shape index (κ3) is 4.33. The van der Waals surface area contributed by atoms with Crippen LogP contribution in [0.3, 0.4) is 0 Å². The largest absolute Gasteiger partial charge is 0.396 e. The number of nitrogens with zero attached hydrogens (tertiary/aromatic N) is 2. The summed E-state index contributed by atoms with van der Waals surface area (Å²) in [6.45, 7) is 5.59. The number of nitrogens with one attached hydrogen (secondary N) is 2. The van der Waals surface area contributed by atoms with Crippen molar-refractivity contribution in [3.8, 4) is 0 Å². The highest BCUT2D eigenvalue weighted by molar-refractivity contribution is 5.38. The van der Waals surface area contributed by atoms with E-state index in [1.165, 1.54) is 12.1 Å². The highest BCUT2D eigenvalue weighted by Gasteiger charge is 2.19. The highest BCUT2D eigenvalue weighted by atomic mass is 19.1. The van der Waals surface area contributed by atoms with E-state index in [9.17, 15) is 9.50 Å². The molecule has 0 aliphatic carbocycles. The van der Waals surface area contributed by atoms with Crippen LogP contribution in [-0.2, 0) is 13.0 Å². The molecule has 24 heavy (non-hydrogen) atoms. The van der Waals surface area contributed by atoms with Crippen molar-refractivity contribution in [2.75, 3.05) is 31.6 Å². The molecule has 0 unspecified atom stereocenters. The van der Waals surface area contributed by atoms with Crippen LogP contribution in [0, 0.1) is 24.6 Å². The predicted molar refractivity (Wildman–Crippen MR) is 92.5 cm³/mol.